The number of rotatable bonds is 4. The maximum atomic E-state index is 12.9. The molecule has 0 spiro atoms. The summed E-state index contributed by atoms with van der Waals surface area (Å²) in [5.74, 6) is 1.11. The summed E-state index contributed by atoms with van der Waals surface area (Å²) in [5.41, 5.74) is 0. The molecule has 0 aromatic carbocycles. The van der Waals surface area contributed by atoms with Gasteiger partial charge in [0.05, 0.1) is 6.20 Å². The zero-order chi connectivity index (χ0) is 16.2. The molecule has 2 aromatic heterocycles. The highest BCUT2D eigenvalue weighted by atomic mass is 16.2. The van der Waals surface area contributed by atoms with Gasteiger partial charge < -0.3 is 9.80 Å². The lowest BCUT2D eigenvalue weighted by Gasteiger charge is -2.37. The van der Waals surface area contributed by atoms with E-state index in [1.807, 2.05) is 18.7 Å². The Hall–Kier alpha value is -2.51. The maximum Gasteiger partial charge on any atom is 0.247 e. The smallest absolute Gasteiger partial charge is 0.247 e. The summed E-state index contributed by atoms with van der Waals surface area (Å²) in [7, 11) is 0. The van der Waals surface area contributed by atoms with Gasteiger partial charge in [0.2, 0.25) is 5.91 Å². The van der Waals surface area contributed by atoms with Gasteiger partial charge in [-0.15, -0.1) is 0 Å². The van der Waals surface area contributed by atoms with Crippen molar-refractivity contribution in [1.82, 2.24) is 29.6 Å². The van der Waals surface area contributed by atoms with Gasteiger partial charge in [0.25, 0.3) is 0 Å². The highest BCUT2D eigenvalue weighted by molar-refractivity contribution is 5.80. The fourth-order valence-electron chi connectivity index (χ4n) is 2.86. The van der Waals surface area contributed by atoms with Gasteiger partial charge >= 0.3 is 0 Å². The molecule has 122 valence electrons. The van der Waals surface area contributed by atoms with E-state index in [0.717, 1.165) is 18.9 Å². The number of hydrogen-bond donors (Lipinski definition) is 0. The summed E-state index contributed by atoms with van der Waals surface area (Å²) < 4.78 is 1.65. The van der Waals surface area contributed by atoms with Gasteiger partial charge in [0.1, 0.15) is 24.5 Å². The molecule has 0 radical (unpaired) electrons. The number of carbonyl (C=O) groups is 1. The molecule has 23 heavy (non-hydrogen) atoms. The van der Waals surface area contributed by atoms with Crippen LogP contribution in [0.4, 0.5) is 5.82 Å². The molecule has 0 N–H and O–H groups in total. The zero-order valence-corrected chi connectivity index (χ0v) is 13.4. The molecule has 1 saturated heterocycles. The van der Waals surface area contributed by atoms with Crippen LogP contribution in [0.15, 0.2) is 31.2 Å². The van der Waals surface area contributed by atoms with Crippen LogP contribution in [0, 0.1) is 5.92 Å². The van der Waals surface area contributed by atoms with Crippen LogP contribution in [0.2, 0.25) is 0 Å². The molecule has 1 amide bonds. The second-order valence-corrected chi connectivity index (χ2v) is 5.94. The van der Waals surface area contributed by atoms with Crippen molar-refractivity contribution in [1.29, 1.82) is 0 Å². The normalized spacial score (nSPS) is 16.7. The van der Waals surface area contributed by atoms with Crippen LogP contribution in [0.5, 0.6) is 0 Å². The van der Waals surface area contributed by atoms with Crippen molar-refractivity contribution < 1.29 is 4.79 Å². The van der Waals surface area contributed by atoms with Crippen molar-refractivity contribution in [2.24, 2.45) is 5.92 Å². The van der Waals surface area contributed by atoms with Gasteiger partial charge in [0.15, 0.2) is 0 Å². The molecule has 1 aliphatic heterocycles. The number of aromatic nitrogens is 5. The van der Waals surface area contributed by atoms with Gasteiger partial charge in [-0.3, -0.25) is 9.78 Å². The molecule has 8 heteroatoms. The van der Waals surface area contributed by atoms with E-state index < -0.39 is 0 Å². The average molecular weight is 315 g/mol. The summed E-state index contributed by atoms with van der Waals surface area (Å²) in [6.45, 7) is 6.92. The Balaban J connectivity index is 1.66. The molecule has 1 aliphatic rings. The molecular weight excluding hydrogens is 294 g/mol. The Morgan fingerprint density at radius 2 is 1.91 bits per heavy atom. The first-order valence-electron chi connectivity index (χ1n) is 7.80. The third-order valence-corrected chi connectivity index (χ3v) is 4.07. The van der Waals surface area contributed by atoms with Gasteiger partial charge in [0, 0.05) is 38.6 Å². The summed E-state index contributed by atoms with van der Waals surface area (Å²) >= 11 is 0. The Labute approximate surface area is 135 Å². The summed E-state index contributed by atoms with van der Waals surface area (Å²) in [5, 5.41) is 4.15. The summed E-state index contributed by atoms with van der Waals surface area (Å²) in [4.78, 5) is 29.3. The van der Waals surface area contributed by atoms with E-state index in [9.17, 15) is 4.79 Å². The standard InChI is InChI=1S/C15H21N7O/c1-12(2)14(22-11-17-10-19-22)15(23)21-7-5-20(6-8-21)13-9-16-3-4-18-13/h3-4,9-12,14H,5-8H2,1-2H3/t14-/m0/s1. The van der Waals surface area contributed by atoms with Crippen molar-refractivity contribution in [2.45, 2.75) is 19.9 Å². The molecule has 0 aliphatic carbocycles. The molecule has 0 saturated carbocycles. The Morgan fingerprint density at radius 3 is 2.48 bits per heavy atom. The molecule has 2 aromatic rings. The maximum absolute atomic E-state index is 12.9. The first-order chi connectivity index (χ1) is 11.2. The Kier molecular flexibility index (Phi) is 4.50. The van der Waals surface area contributed by atoms with E-state index in [-0.39, 0.29) is 17.9 Å². The topological polar surface area (TPSA) is 80.0 Å². The van der Waals surface area contributed by atoms with Gasteiger partial charge in [-0.05, 0) is 5.92 Å². The lowest BCUT2D eigenvalue weighted by atomic mass is 10.0. The molecular formula is C15H21N7O. The quantitative estimate of drug-likeness (QED) is 0.822. The van der Waals surface area contributed by atoms with Gasteiger partial charge in [-0.25, -0.2) is 14.6 Å². The minimum Gasteiger partial charge on any atom is -0.352 e. The Morgan fingerprint density at radius 1 is 1.13 bits per heavy atom. The Bertz CT molecular complexity index is 621. The third kappa shape index (κ3) is 3.30. The van der Waals surface area contributed by atoms with E-state index in [1.54, 1.807) is 29.6 Å². The van der Waals surface area contributed by atoms with Crippen LogP contribution < -0.4 is 4.90 Å². The number of nitrogens with zero attached hydrogens (tertiary/aromatic N) is 7. The van der Waals surface area contributed by atoms with Crippen molar-refractivity contribution >= 4 is 11.7 Å². The third-order valence-electron chi connectivity index (χ3n) is 4.07. The molecule has 8 nitrogen and oxygen atoms in total. The fourth-order valence-corrected chi connectivity index (χ4v) is 2.86. The first kappa shape index (κ1) is 15.4. The second-order valence-electron chi connectivity index (χ2n) is 5.94. The molecule has 0 bridgehead atoms. The first-order valence-corrected chi connectivity index (χ1v) is 7.80. The number of piperazine rings is 1. The van der Waals surface area contributed by atoms with E-state index in [2.05, 4.69) is 25.0 Å². The largest absolute Gasteiger partial charge is 0.352 e. The number of anilines is 1. The lowest BCUT2D eigenvalue weighted by Crippen LogP contribution is -2.51. The molecule has 3 rings (SSSR count). The highest BCUT2D eigenvalue weighted by Gasteiger charge is 2.31. The predicted molar refractivity (Wildman–Crippen MR) is 84.7 cm³/mol. The van der Waals surface area contributed by atoms with Crippen molar-refractivity contribution in [3.63, 3.8) is 0 Å². The van der Waals surface area contributed by atoms with Gasteiger partial charge in [-0.1, -0.05) is 13.8 Å². The van der Waals surface area contributed by atoms with Gasteiger partial charge in [-0.2, -0.15) is 5.10 Å². The van der Waals surface area contributed by atoms with Crippen LogP contribution in [-0.2, 0) is 4.79 Å². The van der Waals surface area contributed by atoms with Crippen LogP contribution >= 0.6 is 0 Å². The minimum atomic E-state index is -0.305. The zero-order valence-electron chi connectivity index (χ0n) is 13.4. The van der Waals surface area contributed by atoms with E-state index in [0.29, 0.717) is 13.1 Å². The van der Waals surface area contributed by atoms with Crippen molar-refractivity contribution in [2.75, 3.05) is 31.1 Å². The van der Waals surface area contributed by atoms with Crippen LogP contribution in [-0.4, -0.2) is 61.7 Å². The molecule has 1 fully saturated rings. The SMILES string of the molecule is CC(C)[C@@H](C(=O)N1CCN(c2cnccn2)CC1)n1cncn1. The molecule has 0 unspecified atom stereocenters. The lowest BCUT2D eigenvalue weighted by molar-refractivity contribution is -0.136. The minimum absolute atomic E-state index is 0.101. The highest BCUT2D eigenvalue weighted by Crippen LogP contribution is 2.21. The van der Waals surface area contributed by atoms with Crippen molar-refractivity contribution in [3.8, 4) is 0 Å². The van der Waals surface area contributed by atoms with Crippen LogP contribution in [0.3, 0.4) is 0 Å². The summed E-state index contributed by atoms with van der Waals surface area (Å²) in [6, 6.07) is -0.305. The number of carbonyl (C=O) groups excluding carboxylic acids is 1. The monoisotopic (exact) mass is 315 g/mol. The fraction of sp³-hybridized carbons (Fsp3) is 0.533. The summed E-state index contributed by atoms with van der Waals surface area (Å²) in [6.07, 6.45) is 8.18. The van der Waals surface area contributed by atoms with E-state index in [1.165, 1.54) is 6.33 Å². The van der Waals surface area contributed by atoms with Crippen LogP contribution in [0.1, 0.15) is 19.9 Å². The van der Waals surface area contributed by atoms with Crippen LogP contribution in [0.25, 0.3) is 0 Å². The molecule has 1 atom stereocenters. The average Bonchev–Trinajstić information content (AvgIpc) is 3.09. The van der Waals surface area contributed by atoms with E-state index in [4.69, 9.17) is 0 Å². The number of amides is 1. The predicted octanol–water partition coefficient (Wildman–Crippen LogP) is 0.614. The number of hydrogen-bond acceptors (Lipinski definition) is 6. The second kappa shape index (κ2) is 6.72. The van der Waals surface area contributed by atoms with Crippen molar-refractivity contribution in [3.05, 3.63) is 31.2 Å². The molecule has 3 heterocycles. The van der Waals surface area contributed by atoms with E-state index >= 15 is 0 Å².